The molecule has 110 valence electrons. The summed E-state index contributed by atoms with van der Waals surface area (Å²) in [5, 5.41) is 0. The molecule has 0 amide bonds. The van der Waals surface area contributed by atoms with Crippen molar-refractivity contribution in [1.29, 1.82) is 0 Å². The highest BCUT2D eigenvalue weighted by atomic mass is 19.1. The molecular formula is C18H21FN2. The van der Waals surface area contributed by atoms with Crippen LogP contribution in [0.25, 0.3) is 12.2 Å². The molecule has 0 radical (unpaired) electrons. The Labute approximate surface area is 126 Å². The topological polar surface area (TPSA) is 6.48 Å². The third-order valence-corrected chi connectivity index (χ3v) is 3.33. The molecule has 0 atom stereocenters. The minimum atomic E-state index is -0.204. The quantitative estimate of drug-likeness (QED) is 0.779. The van der Waals surface area contributed by atoms with Gasteiger partial charge in [0.1, 0.15) is 5.82 Å². The van der Waals surface area contributed by atoms with E-state index in [1.807, 2.05) is 46.4 Å². The van der Waals surface area contributed by atoms with E-state index in [9.17, 15) is 4.39 Å². The van der Waals surface area contributed by atoms with Crippen LogP contribution in [0.2, 0.25) is 0 Å². The molecule has 0 aliphatic carbocycles. The lowest BCUT2D eigenvalue weighted by molar-refractivity contribution is 0.626. The van der Waals surface area contributed by atoms with Crippen LogP contribution in [-0.2, 0) is 0 Å². The van der Waals surface area contributed by atoms with Crippen LogP contribution in [0.4, 0.5) is 15.8 Å². The van der Waals surface area contributed by atoms with E-state index in [-0.39, 0.29) is 5.82 Å². The molecule has 0 aliphatic rings. The molecule has 0 heterocycles. The van der Waals surface area contributed by atoms with E-state index >= 15 is 0 Å². The predicted molar refractivity (Wildman–Crippen MR) is 90.4 cm³/mol. The van der Waals surface area contributed by atoms with Gasteiger partial charge in [-0.3, -0.25) is 0 Å². The predicted octanol–water partition coefficient (Wildman–Crippen LogP) is 4.13. The molecule has 0 fully saturated rings. The van der Waals surface area contributed by atoms with Gasteiger partial charge in [0.2, 0.25) is 0 Å². The maximum absolute atomic E-state index is 13.9. The zero-order chi connectivity index (χ0) is 15.4. The normalized spacial score (nSPS) is 10.9. The number of nitrogens with zero attached hydrogens (tertiary/aromatic N) is 2. The van der Waals surface area contributed by atoms with Crippen molar-refractivity contribution >= 4 is 23.5 Å². The third kappa shape index (κ3) is 3.85. The van der Waals surface area contributed by atoms with E-state index in [4.69, 9.17) is 0 Å². The van der Waals surface area contributed by atoms with Gasteiger partial charge in [-0.05, 0) is 35.4 Å². The Balaban J connectivity index is 2.15. The van der Waals surface area contributed by atoms with Gasteiger partial charge < -0.3 is 9.80 Å². The van der Waals surface area contributed by atoms with Crippen molar-refractivity contribution in [2.45, 2.75) is 0 Å². The summed E-state index contributed by atoms with van der Waals surface area (Å²) in [7, 11) is 7.69. The van der Waals surface area contributed by atoms with E-state index in [0.717, 1.165) is 16.8 Å². The fourth-order valence-electron chi connectivity index (χ4n) is 2.07. The molecule has 21 heavy (non-hydrogen) atoms. The molecule has 2 aromatic rings. The van der Waals surface area contributed by atoms with Crippen LogP contribution in [0.15, 0.2) is 42.5 Å². The van der Waals surface area contributed by atoms with Gasteiger partial charge >= 0.3 is 0 Å². The first kappa shape index (κ1) is 15.1. The van der Waals surface area contributed by atoms with Crippen LogP contribution in [-0.4, -0.2) is 28.2 Å². The summed E-state index contributed by atoms with van der Waals surface area (Å²) in [6, 6.07) is 13.5. The zero-order valence-electron chi connectivity index (χ0n) is 13.0. The van der Waals surface area contributed by atoms with E-state index in [0.29, 0.717) is 5.69 Å². The first-order valence-corrected chi connectivity index (χ1v) is 6.90. The average Bonchev–Trinajstić information content (AvgIpc) is 2.45. The summed E-state index contributed by atoms with van der Waals surface area (Å²) < 4.78 is 13.9. The molecule has 0 bridgehead atoms. The number of anilines is 2. The van der Waals surface area contributed by atoms with Crippen LogP contribution in [0.1, 0.15) is 11.1 Å². The number of benzene rings is 2. The molecule has 0 aromatic heterocycles. The second kappa shape index (κ2) is 6.44. The number of hydrogen-bond donors (Lipinski definition) is 0. The summed E-state index contributed by atoms with van der Waals surface area (Å²) in [6.45, 7) is 0. The van der Waals surface area contributed by atoms with Gasteiger partial charge in [-0.15, -0.1) is 0 Å². The first-order valence-electron chi connectivity index (χ1n) is 6.90. The average molecular weight is 284 g/mol. The molecule has 0 saturated heterocycles. The monoisotopic (exact) mass is 284 g/mol. The van der Waals surface area contributed by atoms with E-state index < -0.39 is 0 Å². The lowest BCUT2D eigenvalue weighted by Crippen LogP contribution is -2.10. The van der Waals surface area contributed by atoms with Gasteiger partial charge in [-0.2, -0.15) is 0 Å². The minimum Gasteiger partial charge on any atom is -0.378 e. The maximum Gasteiger partial charge on any atom is 0.147 e. The Morgan fingerprint density at radius 2 is 1.33 bits per heavy atom. The van der Waals surface area contributed by atoms with Crippen LogP contribution in [0.3, 0.4) is 0 Å². The van der Waals surface area contributed by atoms with Gasteiger partial charge in [0.15, 0.2) is 0 Å². The largest absolute Gasteiger partial charge is 0.378 e. The van der Waals surface area contributed by atoms with Crippen LogP contribution in [0.5, 0.6) is 0 Å². The maximum atomic E-state index is 13.9. The molecule has 0 aliphatic heterocycles. The van der Waals surface area contributed by atoms with Gasteiger partial charge in [-0.1, -0.05) is 30.4 Å². The van der Waals surface area contributed by atoms with E-state index in [1.54, 1.807) is 17.0 Å². The number of hydrogen-bond acceptors (Lipinski definition) is 2. The molecule has 0 N–H and O–H groups in total. The molecule has 2 aromatic carbocycles. The number of rotatable bonds is 4. The van der Waals surface area contributed by atoms with Crippen molar-refractivity contribution in [3.8, 4) is 0 Å². The molecule has 3 heteroatoms. The van der Waals surface area contributed by atoms with Crippen molar-refractivity contribution in [3.05, 3.63) is 59.4 Å². The minimum absolute atomic E-state index is 0.204. The highest BCUT2D eigenvalue weighted by Gasteiger charge is 2.03. The highest BCUT2D eigenvalue weighted by molar-refractivity contribution is 5.71. The highest BCUT2D eigenvalue weighted by Crippen LogP contribution is 2.20. The van der Waals surface area contributed by atoms with E-state index in [2.05, 4.69) is 29.2 Å². The zero-order valence-corrected chi connectivity index (χ0v) is 13.0. The van der Waals surface area contributed by atoms with Crippen molar-refractivity contribution < 1.29 is 4.39 Å². The lowest BCUT2D eigenvalue weighted by Gasteiger charge is -2.13. The van der Waals surface area contributed by atoms with Crippen molar-refractivity contribution in [1.82, 2.24) is 0 Å². The standard InChI is InChI=1S/C18H21FN2/c1-20(2)16-10-7-14(8-11-16)5-6-15-9-12-18(21(3)4)17(19)13-15/h5-13H,1-4H3/b6-5+. The summed E-state index contributed by atoms with van der Waals surface area (Å²) in [6.07, 6.45) is 3.91. The summed E-state index contributed by atoms with van der Waals surface area (Å²) in [5.41, 5.74) is 3.71. The Kier molecular flexibility index (Phi) is 4.63. The molecule has 0 unspecified atom stereocenters. The Bertz CT molecular complexity index is 628. The lowest BCUT2D eigenvalue weighted by atomic mass is 10.1. The first-order chi connectivity index (χ1) is 9.97. The second-order valence-corrected chi connectivity index (χ2v) is 5.42. The Hall–Kier alpha value is -2.29. The fraction of sp³-hybridized carbons (Fsp3) is 0.222. The summed E-state index contributed by atoms with van der Waals surface area (Å²) in [4.78, 5) is 3.83. The van der Waals surface area contributed by atoms with Crippen LogP contribution >= 0.6 is 0 Å². The number of halogens is 1. The van der Waals surface area contributed by atoms with Gasteiger partial charge in [0.05, 0.1) is 5.69 Å². The van der Waals surface area contributed by atoms with Crippen LogP contribution < -0.4 is 9.80 Å². The van der Waals surface area contributed by atoms with Gasteiger partial charge in [0, 0.05) is 33.9 Å². The smallest absolute Gasteiger partial charge is 0.147 e. The summed E-state index contributed by atoms with van der Waals surface area (Å²) in [5.74, 6) is -0.204. The SMILES string of the molecule is CN(C)c1ccc(/C=C/c2ccc(N(C)C)c(F)c2)cc1. The third-order valence-electron chi connectivity index (χ3n) is 3.33. The molecular weight excluding hydrogens is 263 g/mol. The molecule has 2 rings (SSSR count). The fourth-order valence-corrected chi connectivity index (χ4v) is 2.07. The molecule has 0 saturated carbocycles. The van der Waals surface area contributed by atoms with Crippen molar-refractivity contribution in [2.75, 3.05) is 38.0 Å². The van der Waals surface area contributed by atoms with Crippen molar-refractivity contribution in [3.63, 3.8) is 0 Å². The summed E-state index contributed by atoms with van der Waals surface area (Å²) >= 11 is 0. The van der Waals surface area contributed by atoms with E-state index in [1.165, 1.54) is 0 Å². The van der Waals surface area contributed by atoms with Crippen molar-refractivity contribution in [2.24, 2.45) is 0 Å². The second-order valence-electron chi connectivity index (χ2n) is 5.42. The van der Waals surface area contributed by atoms with Crippen LogP contribution in [0, 0.1) is 5.82 Å². The molecule has 2 nitrogen and oxygen atoms in total. The molecule has 0 spiro atoms. The Morgan fingerprint density at radius 1 is 0.762 bits per heavy atom. The Morgan fingerprint density at radius 3 is 1.86 bits per heavy atom. The van der Waals surface area contributed by atoms with Gasteiger partial charge in [0.25, 0.3) is 0 Å². The van der Waals surface area contributed by atoms with Gasteiger partial charge in [-0.25, -0.2) is 4.39 Å².